The standard InChI is InChI=1S/C18H25ClN2O2/c1-5-7-10-21(6-2)11-13-12(3)20-17-15(23-4)9-8-14(19)16(17)18(13)22/h8-9H,5-7,10-11H2,1-4H3,(H,20,22). The number of rotatable bonds is 7. The number of nitrogens with zero attached hydrogens (tertiary/aromatic N) is 1. The second kappa shape index (κ2) is 7.84. The first kappa shape index (κ1) is 17.8. The Labute approximate surface area is 142 Å². The van der Waals surface area contributed by atoms with Gasteiger partial charge in [0.25, 0.3) is 0 Å². The van der Waals surface area contributed by atoms with Crippen molar-refractivity contribution in [3.8, 4) is 5.75 Å². The van der Waals surface area contributed by atoms with Crippen molar-refractivity contribution in [3.63, 3.8) is 0 Å². The summed E-state index contributed by atoms with van der Waals surface area (Å²) in [7, 11) is 1.59. The number of nitrogens with one attached hydrogen (secondary N) is 1. The number of unbranched alkanes of at least 4 members (excludes halogenated alkanes) is 1. The first-order valence-electron chi connectivity index (χ1n) is 8.13. The van der Waals surface area contributed by atoms with Crippen LogP contribution >= 0.6 is 11.6 Å². The van der Waals surface area contributed by atoms with Crippen molar-refractivity contribution in [2.45, 2.75) is 40.2 Å². The Hall–Kier alpha value is -1.52. The van der Waals surface area contributed by atoms with E-state index in [4.69, 9.17) is 16.3 Å². The summed E-state index contributed by atoms with van der Waals surface area (Å²) in [5.74, 6) is 0.634. The Morgan fingerprint density at radius 2 is 2.04 bits per heavy atom. The fourth-order valence-corrected chi connectivity index (χ4v) is 3.05. The highest BCUT2D eigenvalue weighted by atomic mass is 35.5. The van der Waals surface area contributed by atoms with Gasteiger partial charge in [0.1, 0.15) is 5.75 Å². The van der Waals surface area contributed by atoms with Gasteiger partial charge in [-0.3, -0.25) is 9.69 Å². The molecule has 0 aliphatic rings. The van der Waals surface area contributed by atoms with Gasteiger partial charge in [0.05, 0.1) is 23.0 Å². The number of ether oxygens (including phenoxy) is 1. The Kier molecular flexibility index (Phi) is 6.08. The minimum atomic E-state index is -0.00454. The summed E-state index contributed by atoms with van der Waals surface area (Å²) >= 11 is 6.28. The maximum absolute atomic E-state index is 13.0. The summed E-state index contributed by atoms with van der Waals surface area (Å²) in [6.07, 6.45) is 2.28. The quantitative estimate of drug-likeness (QED) is 0.827. The molecule has 0 saturated heterocycles. The molecule has 1 heterocycles. The van der Waals surface area contributed by atoms with Gasteiger partial charge in [0.2, 0.25) is 0 Å². The van der Waals surface area contributed by atoms with Gasteiger partial charge < -0.3 is 9.72 Å². The first-order chi connectivity index (χ1) is 11.0. The van der Waals surface area contributed by atoms with Crippen LogP contribution in [0.2, 0.25) is 5.02 Å². The molecule has 0 bridgehead atoms. The number of H-pyrrole nitrogens is 1. The number of hydrogen-bond donors (Lipinski definition) is 1. The van der Waals surface area contributed by atoms with E-state index in [0.29, 0.717) is 28.2 Å². The largest absolute Gasteiger partial charge is 0.495 e. The van der Waals surface area contributed by atoms with Gasteiger partial charge >= 0.3 is 0 Å². The SMILES string of the molecule is CCCCN(CC)Cc1c(C)[nH]c2c(OC)ccc(Cl)c2c1=O. The van der Waals surface area contributed by atoms with Gasteiger partial charge in [-0.25, -0.2) is 0 Å². The molecule has 0 saturated carbocycles. The molecule has 126 valence electrons. The van der Waals surface area contributed by atoms with Crippen molar-refractivity contribution in [1.82, 2.24) is 9.88 Å². The molecule has 2 rings (SSSR count). The zero-order chi connectivity index (χ0) is 17.0. The Balaban J connectivity index is 2.53. The lowest BCUT2D eigenvalue weighted by atomic mass is 10.1. The van der Waals surface area contributed by atoms with Gasteiger partial charge in [-0.05, 0) is 38.6 Å². The number of hydrogen-bond acceptors (Lipinski definition) is 3. The van der Waals surface area contributed by atoms with Crippen LogP contribution in [0.1, 0.15) is 37.9 Å². The molecule has 0 unspecified atom stereocenters. The van der Waals surface area contributed by atoms with Gasteiger partial charge in [-0.1, -0.05) is 31.9 Å². The monoisotopic (exact) mass is 336 g/mol. The topological polar surface area (TPSA) is 45.3 Å². The number of aromatic nitrogens is 1. The van der Waals surface area contributed by atoms with E-state index in [1.165, 1.54) is 0 Å². The highest BCUT2D eigenvalue weighted by Crippen LogP contribution is 2.28. The number of aryl methyl sites for hydroxylation is 1. The zero-order valence-corrected chi connectivity index (χ0v) is 15.1. The number of fused-ring (bicyclic) bond motifs is 1. The molecular weight excluding hydrogens is 312 g/mol. The van der Waals surface area contributed by atoms with Gasteiger partial charge in [-0.2, -0.15) is 0 Å². The molecule has 4 nitrogen and oxygen atoms in total. The zero-order valence-electron chi connectivity index (χ0n) is 14.3. The predicted octanol–water partition coefficient (Wildman–Crippen LogP) is 4.12. The summed E-state index contributed by atoms with van der Waals surface area (Å²) in [6, 6.07) is 3.49. The molecule has 0 aliphatic carbocycles. The highest BCUT2D eigenvalue weighted by Gasteiger charge is 2.16. The Bertz CT molecular complexity index is 740. The minimum absolute atomic E-state index is 0.00454. The number of halogens is 1. The molecule has 1 N–H and O–H groups in total. The van der Waals surface area contributed by atoms with Crippen LogP contribution in [0.15, 0.2) is 16.9 Å². The summed E-state index contributed by atoms with van der Waals surface area (Å²) in [5, 5.41) is 0.970. The lowest BCUT2D eigenvalue weighted by Crippen LogP contribution is -2.28. The molecule has 0 amide bonds. The lowest BCUT2D eigenvalue weighted by Gasteiger charge is -2.21. The van der Waals surface area contributed by atoms with Gasteiger partial charge in [-0.15, -0.1) is 0 Å². The fourth-order valence-electron chi connectivity index (χ4n) is 2.80. The maximum atomic E-state index is 13.0. The molecular formula is C18H25ClN2O2. The van der Waals surface area contributed by atoms with Gasteiger partial charge in [0.15, 0.2) is 5.43 Å². The van der Waals surface area contributed by atoms with Crippen LogP contribution in [0.25, 0.3) is 10.9 Å². The summed E-state index contributed by atoms with van der Waals surface area (Å²) in [5.41, 5.74) is 2.32. The maximum Gasteiger partial charge on any atom is 0.195 e. The second-order valence-corrected chi connectivity index (χ2v) is 6.19. The smallest absolute Gasteiger partial charge is 0.195 e. The van der Waals surface area contributed by atoms with Crippen LogP contribution in [0.5, 0.6) is 5.75 Å². The van der Waals surface area contributed by atoms with E-state index in [9.17, 15) is 4.79 Å². The molecule has 1 aromatic carbocycles. The third-order valence-corrected chi connectivity index (χ3v) is 4.57. The summed E-state index contributed by atoms with van der Waals surface area (Å²) in [6.45, 7) is 8.79. The third-order valence-electron chi connectivity index (χ3n) is 4.26. The number of benzene rings is 1. The summed E-state index contributed by atoms with van der Waals surface area (Å²) < 4.78 is 5.35. The first-order valence-corrected chi connectivity index (χ1v) is 8.51. The minimum Gasteiger partial charge on any atom is -0.495 e. The van der Waals surface area contributed by atoms with Crippen LogP contribution in [0.3, 0.4) is 0 Å². The normalized spacial score (nSPS) is 11.4. The predicted molar refractivity (Wildman–Crippen MR) is 96.7 cm³/mol. The van der Waals surface area contributed by atoms with Crippen molar-refractivity contribution in [1.29, 1.82) is 0 Å². The molecule has 0 spiro atoms. The molecule has 0 atom stereocenters. The van der Waals surface area contributed by atoms with E-state index >= 15 is 0 Å². The Morgan fingerprint density at radius 3 is 2.65 bits per heavy atom. The van der Waals surface area contributed by atoms with Crippen LogP contribution in [-0.4, -0.2) is 30.1 Å². The van der Waals surface area contributed by atoms with Crippen molar-refractivity contribution in [2.75, 3.05) is 20.2 Å². The van der Waals surface area contributed by atoms with E-state index in [2.05, 4.69) is 23.7 Å². The second-order valence-electron chi connectivity index (χ2n) is 5.78. The van der Waals surface area contributed by atoms with Crippen molar-refractivity contribution >= 4 is 22.5 Å². The summed E-state index contributed by atoms with van der Waals surface area (Å²) in [4.78, 5) is 18.6. The molecule has 1 aromatic heterocycles. The average molecular weight is 337 g/mol. The molecule has 0 fully saturated rings. The van der Waals surface area contributed by atoms with Gasteiger partial charge in [0, 0.05) is 17.8 Å². The number of pyridine rings is 1. The van der Waals surface area contributed by atoms with E-state index in [1.54, 1.807) is 19.2 Å². The van der Waals surface area contributed by atoms with Crippen molar-refractivity contribution in [2.24, 2.45) is 0 Å². The molecule has 0 radical (unpaired) electrons. The molecule has 0 aliphatic heterocycles. The van der Waals surface area contributed by atoms with Crippen LogP contribution in [0.4, 0.5) is 0 Å². The molecule has 2 aromatic rings. The Morgan fingerprint density at radius 1 is 1.30 bits per heavy atom. The third kappa shape index (κ3) is 3.70. The number of aromatic amines is 1. The molecule has 5 heteroatoms. The van der Waals surface area contributed by atoms with Crippen LogP contribution in [0, 0.1) is 6.92 Å². The van der Waals surface area contributed by atoms with E-state index in [0.717, 1.165) is 37.2 Å². The lowest BCUT2D eigenvalue weighted by molar-refractivity contribution is 0.274. The van der Waals surface area contributed by atoms with E-state index in [1.807, 2.05) is 6.92 Å². The fraction of sp³-hybridized carbons (Fsp3) is 0.500. The van der Waals surface area contributed by atoms with E-state index < -0.39 is 0 Å². The van der Waals surface area contributed by atoms with Crippen LogP contribution in [-0.2, 0) is 6.54 Å². The average Bonchev–Trinajstić information content (AvgIpc) is 2.54. The molecule has 23 heavy (non-hydrogen) atoms. The van der Waals surface area contributed by atoms with Crippen molar-refractivity contribution < 1.29 is 4.74 Å². The highest BCUT2D eigenvalue weighted by molar-refractivity contribution is 6.35. The van der Waals surface area contributed by atoms with Crippen molar-refractivity contribution in [3.05, 3.63) is 38.6 Å². The number of methoxy groups -OCH3 is 1. The van der Waals surface area contributed by atoms with E-state index in [-0.39, 0.29) is 5.43 Å². The van der Waals surface area contributed by atoms with Crippen LogP contribution < -0.4 is 10.2 Å².